The van der Waals surface area contributed by atoms with Crippen LogP contribution >= 0.6 is 19.3 Å². The molecule has 1 aromatic heterocycles. The van der Waals surface area contributed by atoms with E-state index in [1.165, 1.54) is 11.8 Å². The molecule has 3 unspecified atom stereocenters. The molecule has 120 valence electrons. The summed E-state index contributed by atoms with van der Waals surface area (Å²) < 4.78 is 11.1. The molecule has 2 aromatic rings. The minimum absolute atomic E-state index is 0.154. The van der Waals surface area contributed by atoms with Crippen molar-refractivity contribution < 1.29 is 14.3 Å². The molecule has 0 bridgehead atoms. The quantitative estimate of drug-likeness (QED) is 0.847. The van der Waals surface area contributed by atoms with Crippen LogP contribution in [0.3, 0.4) is 0 Å². The van der Waals surface area contributed by atoms with Crippen molar-refractivity contribution in [2.75, 3.05) is 18.1 Å². The number of anilines is 1. The van der Waals surface area contributed by atoms with Gasteiger partial charge < -0.3 is 15.2 Å². The molecule has 1 aromatic carbocycles. The topological polar surface area (TPSA) is 91.5 Å². The van der Waals surface area contributed by atoms with Crippen molar-refractivity contribution in [2.24, 2.45) is 0 Å². The molecule has 23 heavy (non-hydrogen) atoms. The first-order chi connectivity index (χ1) is 11.1. The Balaban J connectivity index is 1.56. The summed E-state index contributed by atoms with van der Waals surface area (Å²) in [5.74, 6) is 2.09. The SMILES string of the molecule is Nc1ccp(C2CSC(COC(=O)c3ccccc3)O2)c(=O)n1. The predicted molar refractivity (Wildman–Crippen MR) is 90.7 cm³/mol. The summed E-state index contributed by atoms with van der Waals surface area (Å²) in [6.07, 6.45) is 0. The fraction of sp³-hybridized carbons (Fsp3) is 0.267. The van der Waals surface area contributed by atoms with Crippen LogP contribution in [0.15, 0.2) is 47.0 Å². The third kappa shape index (κ3) is 3.93. The standard InChI is InChI=1S/C15H15N2O4PS/c16-11-6-7-22(15(19)17-11)12-9-23-13(21-12)8-20-14(18)10-4-2-1-3-5-10/h1-7,12-13H,8-9H2,(H2,16,17,19). The van der Waals surface area contributed by atoms with Gasteiger partial charge in [-0.15, -0.1) is 11.8 Å². The van der Waals surface area contributed by atoms with Gasteiger partial charge in [0.2, 0.25) is 0 Å². The highest BCUT2D eigenvalue weighted by atomic mass is 32.2. The molecular weight excluding hydrogens is 335 g/mol. The number of rotatable bonds is 4. The van der Waals surface area contributed by atoms with Gasteiger partial charge in [0.05, 0.1) is 5.56 Å². The van der Waals surface area contributed by atoms with Gasteiger partial charge in [-0.2, -0.15) is 4.98 Å². The number of benzene rings is 1. The molecule has 0 spiro atoms. The van der Waals surface area contributed by atoms with Gasteiger partial charge in [-0.3, -0.25) is 4.79 Å². The number of hydrogen-bond donors (Lipinski definition) is 1. The Morgan fingerprint density at radius 3 is 2.91 bits per heavy atom. The molecule has 2 heterocycles. The molecular formula is C15H15N2O4PS. The van der Waals surface area contributed by atoms with E-state index in [1.807, 2.05) is 6.07 Å². The second-order valence-electron chi connectivity index (χ2n) is 4.86. The van der Waals surface area contributed by atoms with Crippen molar-refractivity contribution in [1.29, 1.82) is 0 Å². The number of nitrogen functional groups attached to an aromatic ring is 1. The average Bonchev–Trinajstić information content (AvgIpc) is 3.02. The maximum absolute atomic E-state index is 11.9. The van der Waals surface area contributed by atoms with Gasteiger partial charge in [-0.1, -0.05) is 18.2 Å². The van der Waals surface area contributed by atoms with Crippen LogP contribution in [0.2, 0.25) is 0 Å². The summed E-state index contributed by atoms with van der Waals surface area (Å²) >= 11 is 1.54. The zero-order valence-corrected chi connectivity index (χ0v) is 13.8. The predicted octanol–water partition coefficient (Wildman–Crippen LogP) is 2.46. The zero-order chi connectivity index (χ0) is 16.2. The molecule has 0 radical (unpaired) electrons. The lowest BCUT2D eigenvalue weighted by Crippen LogP contribution is -2.16. The second-order valence-corrected chi connectivity index (χ2v) is 8.12. The van der Waals surface area contributed by atoms with E-state index in [0.29, 0.717) is 11.3 Å². The largest absolute Gasteiger partial charge is 0.458 e. The van der Waals surface area contributed by atoms with Crippen LogP contribution in [-0.4, -0.2) is 28.7 Å². The number of carbonyl (C=O) groups excluding carboxylic acids is 1. The van der Waals surface area contributed by atoms with Crippen LogP contribution in [-0.2, 0) is 9.47 Å². The van der Waals surface area contributed by atoms with Gasteiger partial charge in [-0.25, -0.2) is 4.79 Å². The van der Waals surface area contributed by atoms with Crippen molar-refractivity contribution in [1.82, 2.24) is 4.98 Å². The van der Waals surface area contributed by atoms with Crippen molar-refractivity contribution in [2.45, 2.75) is 11.3 Å². The van der Waals surface area contributed by atoms with E-state index in [-0.39, 0.29) is 35.0 Å². The Hall–Kier alpha value is -1.82. The number of nitrogens with two attached hydrogens (primary N) is 1. The van der Waals surface area contributed by atoms with E-state index in [2.05, 4.69) is 4.98 Å². The summed E-state index contributed by atoms with van der Waals surface area (Å²) in [6.45, 7) is 0.154. The highest BCUT2D eigenvalue weighted by Crippen LogP contribution is 2.45. The Labute approximate surface area is 138 Å². The number of nitrogens with zero attached hydrogens (tertiary/aromatic N) is 1. The van der Waals surface area contributed by atoms with Crippen LogP contribution in [0.5, 0.6) is 0 Å². The second kappa shape index (κ2) is 7.17. The first-order valence-corrected chi connectivity index (χ1v) is 9.50. The minimum Gasteiger partial charge on any atom is -0.458 e. The molecule has 0 aliphatic carbocycles. The summed E-state index contributed by atoms with van der Waals surface area (Å²) in [6, 6.07) is 10.4. The van der Waals surface area contributed by atoms with E-state index < -0.39 is 7.53 Å². The van der Waals surface area contributed by atoms with E-state index in [9.17, 15) is 9.59 Å². The van der Waals surface area contributed by atoms with Crippen molar-refractivity contribution in [3.05, 3.63) is 57.8 Å². The lowest BCUT2D eigenvalue weighted by atomic mass is 10.2. The first kappa shape index (κ1) is 16.1. The van der Waals surface area contributed by atoms with Gasteiger partial charge in [-0.05, 0) is 31.5 Å². The monoisotopic (exact) mass is 350 g/mol. The normalized spacial score (nSPS) is 21.1. The van der Waals surface area contributed by atoms with Gasteiger partial charge in [0, 0.05) is 5.75 Å². The lowest BCUT2D eigenvalue weighted by Gasteiger charge is -2.13. The number of thioether (sulfide) groups is 1. The Kier molecular flexibility index (Phi) is 5.00. The van der Waals surface area contributed by atoms with Crippen molar-refractivity contribution in [3.8, 4) is 0 Å². The van der Waals surface area contributed by atoms with Crippen molar-refractivity contribution in [3.63, 3.8) is 0 Å². The number of aromatic nitrogens is 1. The Morgan fingerprint density at radius 2 is 2.17 bits per heavy atom. The molecule has 1 aliphatic heterocycles. The molecule has 2 N–H and O–H groups in total. The maximum Gasteiger partial charge on any atom is 0.338 e. The van der Waals surface area contributed by atoms with Crippen LogP contribution in [0.1, 0.15) is 16.2 Å². The third-order valence-corrected chi connectivity index (χ3v) is 6.55. The number of ether oxygens (including phenoxy) is 2. The summed E-state index contributed by atoms with van der Waals surface area (Å²) in [4.78, 5) is 27.5. The first-order valence-electron chi connectivity index (χ1n) is 6.97. The molecule has 1 fully saturated rings. The average molecular weight is 350 g/mol. The van der Waals surface area contributed by atoms with Gasteiger partial charge in [0.25, 0.3) is 5.29 Å². The number of esters is 1. The summed E-state index contributed by atoms with van der Waals surface area (Å²) in [5.41, 5.74) is 5.74. The zero-order valence-electron chi connectivity index (χ0n) is 12.1. The van der Waals surface area contributed by atoms with E-state index >= 15 is 0 Å². The highest BCUT2D eigenvalue weighted by Gasteiger charge is 2.29. The van der Waals surface area contributed by atoms with Crippen LogP contribution in [0.25, 0.3) is 0 Å². The van der Waals surface area contributed by atoms with Gasteiger partial charge in [0.15, 0.2) is 0 Å². The molecule has 0 amide bonds. The molecule has 3 rings (SSSR count). The summed E-state index contributed by atoms with van der Waals surface area (Å²) in [5, 5.41) is -0.229. The van der Waals surface area contributed by atoms with Crippen LogP contribution < -0.4 is 11.0 Å². The van der Waals surface area contributed by atoms with Crippen molar-refractivity contribution >= 4 is 31.1 Å². The molecule has 8 heteroatoms. The number of carbonyl (C=O) groups is 1. The van der Waals surface area contributed by atoms with E-state index in [4.69, 9.17) is 15.2 Å². The lowest BCUT2D eigenvalue weighted by molar-refractivity contribution is 0.0192. The van der Waals surface area contributed by atoms with Crippen LogP contribution in [0, 0.1) is 0 Å². The molecule has 3 atom stereocenters. The Bertz CT molecular complexity index is 753. The molecule has 1 saturated heterocycles. The van der Waals surface area contributed by atoms with Gasteiger partial charge in [0.1, 0.15) is 23.7 Å². The molecule has 0 saturated carbocycles. The van der Waals surface area contributed by atoms with Gasteiger partial charge >= 0.3 is 5.97 Å². The molecule has 1 aliphatic rings. The number of hydrogen-bond acceptors (Lipinski definition) is 7. The fourth-order valence-electron chi connectivity index (χ4n) is 2.12. The smallest absolute Gasteiger partial charge is 0.338 e. The Morgan fingerprint density at radius 1 is 1.39 bits per heavy atom. The molecule has 6 nitrogen and oxygen atoms in total. The van der Waals surface area contributed by atoms with E-state index in [1.54, 1.807) is 36.1 Å². The maximum atomic E-state index is 11.9. The summed E-state index contributed by atoms with van der Waals surface area (Å²) in [7, 11) is -1.13. The third-order valence-electron chi connectivity index (χ3n) is 3.26. The minimum atomic E-state index is -1.13. The highest BCUT2D eigenvalue weighted by molar-refractivity contribution is 8.00. The van der Waals surface area contributed by atoms with Crippen LogP contribution in [0.4, 0.5) is 5.82 Å². The van der Waals surface area contributed by atoms with E-state index in [0.717, 1.165) is 0 Å². The fourth-order valence-corrected chi connectivity index (χ4v) is 5.33.